The summed E-state index contributed by atoms with van der Waals surface area (Å²) in [6, 6.07) is 5.99. The molecule has 1 N–H and O–H groups in total. The fraction of sp³-hybridized carbons (Fsp3) is 0.312. The van der Waals surface area contributed by atoms with Gasteiger partial charge in [0.2, 0.25) is 0 Å². The summed E-state index contributed by atoms with van der Waals surface area (Å²) >= 11 is 1.59. The molecular formula is C16H19N3O4S. The molecule has 2 aromatic rings. The molecule has 1 heterocycles. The molecule has 2 rings (SSSR count). The third-order valence-electron chi connectivity index (χ3n) is 3.65. The highest BCUT2D eigenvalue weighted by molar-refractivity contribution is 7.07. The van der Waals surface area contributed by atoms with Gasteiger partial charge in [0.1, 0.15) is 5.75 Å². The average Bonchev–Trinajstić information content (AvgIpc) is 3.08. The SMILES string of the molecule is COc1ccc([N+](=O)[O-])cc1C(=O)NC[C@@H](c1ccsc1)N(C)C. The van der Waals surface area contributed by atoms with E-state index in [1.807, 2.05) is 35.8 Å². The smallest absolute Gasteiger partial charge is 0.270 e. The molecule has 0 aliphatic heterocycles. The predicted molar refractivity (Wildman–Crippen MR) is 92.7 cm³/mol. The third-order valence-corrected chi connectivity index (χ3v) is 4.35. The van der Waals surface area contributed by atoms with Crippen molar-refractivity contribution in [3.05, 3.63) is 56.3 Å². The van der Waals surface area contributed by atoms with E-state index in [4.69, 9.17) is 4.74 Å². The van der Waals surface area contributed by atoms with E-state index in [-0.39, 0.29) is 17.3 Å². The number of nitrogens with one attached hydrogen (secondary N) is 1. The molecule has 0 saturated carbocycles. The molecule has 1 atom stereocenters. The number of nitro benzene ring substituents is 1. The number of carbonyl (C=O) groups is 1. The van der Waals surface area contributed by atoms with Gasteiger partial charge in [0.05, 0.1) is 23.6 Å². The van der Waals surface area contributed by atoms with Crippen molar-refractivity contribution in [2.45, 2.75) is 6.04 Å². The van der Waals surface area contributed by atoms with Crippen LogP contribution in [-0.2, 0) is 0 Å². The number of hydrogen-bond acceptors (Lipinski definition) is 6. The van der Waals surface area contributed by atoms with E-state index in [1.54, 1.807) is 11.3 Å². The Morgan fingerprint density at radius 3 is 2.71 bits per heavy atom. The Morgan fingerprint density at radius 1 is 1.42 bits per heavy atom. The number of nitro groups is 1. The number of thiophene rings is 1. The van der Waals surface area contributed by atoms with Gasteiger partial charge in [-0.25, -0.2) is 0 Å². The molecule has 0 aliphatic rings. The number of amides is 1. The lowest BCUT2D eigenvalue weighted by molar-refractivity contribution is -0.384. The molecule has 24 heavy (non-hydrogen) atoms. The van der Waals surface area contributed by atoms with E-state index in [2.05, 4.69) is 5.32 Å². The third kappa shape index (κ3) is 4.09. The van der Waals surface area contributed by atoms with Crippen molar-refractivity contribution in [3.63, 3.8) is 0 Å². The first-order chi connectivity index (χ1) is 11.4. The zero-order valence-electron chi connectivity index (χ0n) is 13.7. The van der Waals surface area contributed by atoms with Crippen LogP contribution in [0.1, 0.15) is 22.0 Å². The molecule has 0 radical (unpaired) electrons. The van der Waals surface area contributed by atoms with E-state index >= 15 is 0 Å². The van der Waals surface area contributed by atoms with Crippen LogP contribution in [0.2, 0.25) is 0 Å². The largest absolute Gasteiger partial charge is 0.496 e. The van der Waals surface area contributed by atoms with Gasteiger partial charge in [-0.1, -0.05) is 0 Å². The fourth-order valence-corrected chi connectivity index (χ4v) is 3.04. The van der Waals surface area contributed by atoms with Crippen LogP contribution in [0.3, 0.4) is 0 Å². The first-order valence-electron chi connectivity index (χ1n) is 7.23. The van der Waals surface area contributed by atoms with Gasteiger partial charge in [0.25, 0.3) is 11.6 Å². The molecule has 8 heteroatoms. The molecule has 0 aliphatic carbocycles. The highest BCUT2D eigenvalue weighted by Gasteiger charge is 2.20. The van der Waals surface area contributed by atoms with Gasteiger partial charge in [-0.15, -0.1) is 0 Å². The Balaban J connectivity index is 2.17. The maximum Gasteiger partial charge on any atom is 0.270 e. The van der Waals surface area contributed by atoms with Gasteiger partial charge >= 0.3 is 0 Å². The second kappa shape index (κ2) is 7.89. The van der Waals surface area contributed by atoms with E-state index in [0.717, 1.165) is 5.56 Å². The minimum atomic E-state index is -0.537. The summed E-state index contributed by atoms with van der Waals surface area (Å²) in [7, 11) is 5.29. The summed E-state index contributed by atoms with van der Waals surface area (Å²) in [6.07, 6.45) is 0. The monoisotopic (exact) mass is 349 g/mol. The van der Waals surface area contributed by atoms with Gasteiger partial charge in [-0.3, -0.25) is 14.9 Å². The summed E-state index contributed by atoms with van der Waals surface area (Å²) in [5.41, 5.74) is 1.11. The van der Waals surface area contributed by atoms with E-state index in [1.165, 1.54) is 25.3 Å². The number of benzene rings is 1. The quantitative estimate of drug-likeness (QED) is 0.614. The molecule has 0 spiro atoms. The molecule has 0 fully saturated rings. The maximum atomic E-state index is 12.5. The van der Waals surface area contributed by atoms with Gasteiger partial charge in [0.15, 0.2) is 0 Å². The number of carbonyl (C=O) groups excluding carboxylic acids is 1. The molecule has 0 bridgehead atoms. The lowest BCUT2D eigenvalue weighted by atomic mass is 10.1. The maximum absolute atomic E-state index is 12.5. The number of non-ortho nitro benzene ring substituents is 1. The number of methoxy groups -OCH3 is 1. The second-order valence-corrected chi connectivity index (χ2v) is 6.17. The fourth-order valence-electron chi connectivity index (χ4n) is 2.33. The van der Waals surface area contributed by atoms with Gasteiger partial charge in [-0.2, -0.15) is 11.3 Å². The highest BCUT2D eigenvalue weighted by Crippen LogP contribution is 2.25. The second-order valence-electron chi connectivity index (χ2n) is 5.39. The van der Waals surface area contributed by atoms with E-state index < -0.39 is 10.8 Å². The summed E-state index contributed by atoms with van der Waals surface area (Å²) < 4.78 is 5.14. The van der Waals surface area contributed by atoms with Crippen LogP contribution in [0.25, 0.3) is 0 Å². The first kappa shape index (κ1) is 17.9. The Hall–Kier alpha value is -2.45. The minimum Gasteiger partial charge on any atom is -0.496 e. The van der Waals surface area contributed by atoms with E-state index in [0.29, 0.717) is 12.3 Å². The van der Waals surface area contributed by atoms with Crippen molar-refractivity contribution >= 4 is 22.9 Å². The molecule has 128 valence electrons. The molecule has 7 nitrogen and oxygen atoms in total. The zero-order valence-corrected chi connectivity index (χ0v) is 14.5. The molecule has 0 unspecified atom stereocenters. The van der Waals surface area contributed by atoms with Crippen LogP contribution < -0.4 is 10.1 Å². The summed E-state index contributed by atoms with van der Waals surface area (Å²) in [5.74, 6) is -0.104. The minimum absolute atomic E-state index is 0.0184. The van der Waals surface area contributed by atoms with Gasteiger partial charge < -0.3 is 15.0 Å². The van der Waals surface area contributed by atoms with Crippen molar-refractivity contribution in [2.24, 2.45) is 0 Å². The highest BCUT2D eigenvalue weighted by atomic mass is 32.1. The normalized spacial score (nSPS) is 12.0. The van der Waals surface area contributed by atoms with Crippen LogP contribution in [0.4, 0.5) is 5.69 Å². The van der Waals surface area contributed by atoms with Crippen LogP contribution in [-0.4, -0.2) is 43.5 Å². The summed E-state index contributed by atoms with van der Waals surface area (Å²) in [5, 5.41) is 17.8. The Labute approximate surface area is 144 Å². The Morgan fingerprint density at radius 2 is 2.17 bits per heavy atom. The van der Waals surface area contributed by atoms with Gasteiger partial charge in [-0.05, 0) is 42.6 Å². The van der Waals surface area contributed by atoms with Crippen LogP contribution in [0.5, 0.6) is 5.75 Å². The summed E-state index contributed by atoms with van der Waals surface area (Å²) in [6.45, 7) is 0.383. The molecule has 1 amide bonds. The molecule has 0 saturated heterocycles. The van der Waals surface area contributed by atoms with Crippen LogP contribution >= 0.6 is 11.3 Å². The first-order valence-corrected chi connectivity index (χ1v) is 8.17. The number of rotatable bonds is 7. The molecular weight excluding hydrogens is 330 g/mol. The number of likely N-dealkylation sites (N-methyl/N-ethyl adjacent to an activating group) is 1. The standard InChI is InChI=1S/C16H19N3O4S/c1-18(2)14(11-6-7-24-10-11)9-17-16(20)13-8-12(19(21)22)4-5-15(13)23-3/h4-8,10,14H,9H2,1-3H3,(H,17,20)/t14-/m0/s1. The van der Waals surface area contributed by atoms with Crippen molar-refractivity contribution in [1.29, 1.82) is 0 Å². The topological polar surface area (TPSA) is 84.7 Å². The lowest BCUT2D eigenvalue weighted by Gasteiger charge is -2.24. The Kier molecular flexibility index (Phi) is 5.88. The van der Waals surface area contributed by atoms with Crippen molar-refractivity contribution in [3.8, 4) is 5.75 Å². The average molecular weight is 349 g/mol. The predicted octanol–water partition coefficient (Wildman–Crippen LogP) is 2.70. The van der Waals surface area contributed by atoms with Crippen LogP contribution in [0, 0.1) is 10.1 Å². The summed E-state index contributed by atoms with van der Waals surface area (Å²) in [4.78, 5) is 24.8. The Bertz CT molecular complexity index is 716. The van der Waals surface area contributed by atoms with Crippen molar-refractivity contribution in [2.75, 3.05) is 27.7 Å². The van der Waals surface area contributed by atoms with Crippen LogP contribution in [0.15, 0.2) is 35.0 Å². The molecule has 1 aromatic heterocycles. The lowest BCUT2D eigenvalue weighted by Crippen LogP contribution is -2.34. The zero-order chi connectivity index (χ0) is 17.7. The van der Waals surface area contributed by atoms with E-state index in [9.17, 15) is 14.9 Å². The number of nitrogens with zero attached hydrogens (tertiary/aromatic N) is 2. The number of hydrogen-bond donors (Lipinski definition) is 1. The number of ether oxygens (including phenoxy) is 1. The molecule has 1 aromatic carbocycles. The van der Waals surface area contributed by atoms with Gasteiger partial charge in [0, 0.05) is 18.7 Å². The van der Waals surface area contributed by atoms with Crippen molar-refractivity contribution in [1.82, 2.24) is 10.2 Å². The van der Waals surface area contributed by atoms with Crippen molar-refractivity contribution < 1.29 is 14.5 Å².